The molecule has 1 unspecified atom stereocenters. The molecule has 18 heavy (non-hydrogen) atoms. The zero-order valence-corrected chi connectivity index (χ0v) is 10.9. The molecule has 1 aromatic heterocycles. The maximum atomic E-state index is 13.9. The van der Waals surface area contributed by atoms with E-state index in [0.717, 1.165) is 6.42 Å². The summed E-state index contributed by atoms with van der Waals surface area (Å²) in [4.78, 5) is 17.6. The first-order chi connectivity index (χ1) is 8.56. The lowest BCUT2D eigenvalue weighted by Gasteiger charge is -2.27. The van der Waals surface area contributed by atoms with Gasteiger partial charge in [-0.15, -0.1) is 0 Å². The molecule has 1 aromatic rings. The van der Waals surface area contributed by atoms with Crippen LogP contribution in [0.1, 0.15) is 37.6 Å². The van der Waals surface area contributed by atoms with Crippen LogP contribution in [-0.2, 0) is 0 Å². The Morgan fingerprint density at radius 3 is 2.78 bits per heavy atom. The second-order valence-corrected chi connectivity index (χ2v) is 4.01. The maximum absolute atomic E-state index is 13.9. The van der Waals surface area contributed by atoms with Crippen molar-refractivity contribution in [2.45, 2.75) is 33.2 Å². The zero-order chi connectivity index (χ0) is 13.7. The van der Waals surface area contributed by atoms with E-state index in [1.54, 1.807) is 4.90 Å². The van der Waals surface area contributed by atoms with Crippen LogP contribution in [0.15, 0.2) is 12.3 Å². The zero-order valence-electron chi connectivity index (χ0n) is 10.9. The highest BCUT2D eigenvalue weighted by molar-refractivity contribution is 5.95. The number of amides is 1. The highest BCUT2D eigenvalue weighted by atomic mass is 19.1. The van der Waals surface area contributed by atoms with Gasteiger partial charge in [-0.2, -0.15) is 0 Å². The number of nitrogens with one attached hydrogen (secondary N) is 1. The molecule has 1 amide bonds. The number of nitrogens with two attached hydrogens (primary N) is 1. The lowest BCUT2D eigenvalue weighted by Crippen LogP contribution is -2.38. The molecule has 0 bridgehead atoms. The minimum atomic E-state index is -0.716. The lowest BCUT2D eigenvalue weighted by atomic mass is 10.1. The van der Waals surface area contributed by atoms with Gasteiger partial charge in [-0.05, 0) is 26.3 Å². The summed E-state index contributed by atoms with van der Waals surface area (Å²) in [6.07, 6.45) is 2.17. The Kier molecular flexibility index (Phi) is 5.03. The molecule has 0 aliphatic carbocycles. The lowest BCUT2D eigenvalue weighted by molar-refractivity contribution is 0.0695. The maximum Gasteiger partial charge on any atom is 0.257 e. The third-order valence-corrected chi connectivity index (χ3v) is 2.98. The van der Waals surface area contributed by atoms with Gasteiger partial charge in [0.25, 0.3) is 5.91 Å². The predicted octanol–water partition coefficient (Wildman–Crippen LogP) is 1.77. The van der Waals surface area contributed by atoms with Gasteiger partial charge in [0.1, 0.15) is 0 Å². The van der Waals surface area contributed by atoms with Crippen molar-refractivity contribution in [3.63, 3.8) is 0 Å². The summed E-state index contributed by atoms with van der Waals surface area (Å²) in [5, 5.41) is 0. The van der Waals surface area contributed by atoms with Gasteiger partial charge >= 0.3 is 0 Å². The Bertz CT molecular complexity index is 425. The molecule has 0 radical (unpaired) electrons. The average molecular weight is 254 g/mol. The van der Waals surface area contributed by atoms with Crippen LogP contribution in [0, 0.1) is 5.82 Å². The number of carbonyl (C=O) groups excluding carboxylic acids is 1. The normalized spacial score (nSPS) is 12.1. The molecule has 0 aliphatic rings. The molecule has 0 saturated heterocycles. The molecule has 1 rings (SSSR count). The molecule has 0 saturated carbocycles. The van der Waals surface area contributed by atoms with Gasteiger partial charge < -0.3 is 10.3 Å². The van der Waals surface area contributed by atoms with Crippen LogP contribution in [0.4, 0.5) is 10.2 Å². The Labute approximate surface area is 106 Å². The van der Waals surface area contributed by atoms with E-state index in [2.05, 4.69) is 10.4 Å². The van der Waals surface area contributed by atoms with Crippen LogP contribution in [0.5, 0.6) is 0 Å². The Hall–Kier alpha value is -1.69. The van der Waals surface area contributed by atoms with Crippen molar-refractivity contribution in [1.82, 2.24) is 9.88 Å². The van der Waals surface area contributed by atoms with E-state index in [4.69, 9.17) is 5.84 Å². The average Bonchev–Trinajstić information content (AvgIpc) is 2.39. The number of nitrogen functional groups attached to an aromatic ring is 1. The van der Waals surface area contributed by atoms with Gasteiger partial charge in [-0.3, -0.25) is 4.79 Å². The van der Waals surface area contributed by atoms with Crippen molar-refractivity contribution in [1.29, 1.82) is 0 Å². The topological polar surface area (TPSA) is 71.2 Å². The van der Waals surface area contributed by atoms with Crippen molar-refractivity contribution in [2.24, 2.45) is 5.84 Å². The first kappa shape index (κ1) is 14.4. The summed E-state index contributed by atoms with van der Waals surface area (Å²) in [6, 6.07) is 1.42. The van der Waals surface area contributed by atoms with Gasteiger partial charge in [0, 0.05) is 18.8 Å². The highest BCUT2D eigenvalue weighted by Gasteiger charge is 2.23. The fourth-order valence-corrected chi connectivity index (χ4v) is 1.74. The van der Waals surface area contributed by atoms with E-state index in [9.17, 15) is 9.18 Å². The van der Waals surface area contributed by atoms with Gasteiger partial charge in [-0.1, -0.05) is 6.92 Å². The summed E-state index contributed by atoms with van der Waals surface area (Å²) >= 11 is 0. The molecular weight excluding hydrogens is 235 g/mol. The molecule has 0 aliphatic heterocycles. The summed E-state index contributed by atoms with van der Waals surface area (Å²) < 4.78 is 13.9. The van der Waals surface area contributed by atoms with E-state index < -0.39 is 5.82 Å². The minimum Gasteiger partial charge on any atom is -0.336 e. The van der Waals surface area contributed by atoms with Crippen molar-refractivity contribution in [3.8, 4) is 0 Å². The molecule has 0 fully saturated rings. The number of hydrogen-bond donors (Lipinski definition) is 2. The van der Waals surface area contributed by atoms with Crippen molar-refractivity contribution < 1.29 is 9.18 Å². The highest BCUT2D eigenvalue weighted by Crippen LogP contribution is 2.17. The number of nitrogens with zero attached hydrogens (tertiary/aromatic N) is 2. The van der Waals surface area contributed by atoms with Crippen LogP contribution in [-0.4, -0.2) is 28.4 Å². The number of hydrogen-bond acceptors (Lipinski definition) is 4. The van der Waals surface area contributed by atoms with E-state index in [1.807, 2.05) is 20.8 Å². The van der Waals surface area contributed by atoms with Crippen LogP contribution >= 0.6 is 0 Å². The standard InChI is InChI=1S/C12H19FN4O/c1-4-8(3)17(5-2)12(18)9-6-7-15-11(16-14)10(9)13/h6-8H,4-5,14H2,1-3H3,(H,15,16). The molecule has 0 aromatic carbocycles. The number of halogens is 1. The van der Waals surface area contributed by atoms with Gasteiger partial charge in [0.15, 0.2) is 11.6 Å². The third-order valence-electron chi connectivity index (χ3n) is 2.98. The van der Waals surface area contributed by atoms with Gasteiger partial charge in [0.2, 0.25) is 0 Å². The molecule has 6 heteroatoms. The summed E-state index contributed by atoms with van der Waals surface area (Å²) in [5.74, 6) is 3.95. The number of anilines is 1. The molecule has 100 valence electrons. The first-order valence-electron chi connectivity index (χ1n) is 5.98. The second kappa shape index (κ2) is 6.30. The fourth-order valence-electron chi connectivity index (χ4n) is 1.74. The van der Waals surface area contributed by atoms with E-state index in [0.29, 0.717) is 6.54 Å². The van der Waals surface area contributed by atoms with Crippen LogP contribution < -0.4 is 11.3 Å². The van der Waals surface area contributed by atoms with Gasteiger partial charge in [-0.25, -0.2) is 15.2 Å². The van der Waals surface area contributed by atoms with Crippen LogP contribution in [0.3, 0.4) is 0 Å². The number of rotatable bonds is 5. The summed E-state index contributed by atoms with van der Waals surface area (Å²) in [7, 11) is 0. The van der Waals surface area contributed by atoms with E-state index in [1.165, 1.54) is 12.3 Å². The largest absolute Gasteiger partial charge is 0.336 e. The third kappa shape index (κ3) is 2.76. The fraction of sp³-hybridized carbons (Fsp3) is 0.500. The molecule has 0 spiro atoms. The van der Waals surface area contributed by atoms with Gasteiger partial charge in [0.05, 0.1) is 5.56 Å². The van der Waals surface area contributed by atoms with Crippen molar-refractivity contribution in [2.75, 3.05) is 12.0 Å². The van der Waals surface area contributed by atoms with E-state index in [-0.39, 0.29) is 23.3 Å². The Balaban J connectivity index is 3.09. The number of pyridine rings is 1. The van der Waals surface area contributed by atoms with Crippen LogP contribution in [0.2, 0.25) is 0 Å². The minimum absolute atomic E-state index is 0.0138. The molecule has 1 atom stereocenters. The second-order valence-electron chi connectivity index (χ2n) is 4.01. The van der Waals surface area contributed by atoms with Crippen molar-refractivity contribution in [3.05, 3.63) is 23.6 Å². The Morgan fingerprint density at radius 1 is 1.61 bits per heavy atom. The van der Waals surface area contributed by atoms with Crippen LogP contribution in [0.25, 0.3) is 0 Å². The molecule has 1 heterocycles. The van der Waals surface area contributed by atoms with Crippen molar-refractivity contribution >= 4 is 11.7 Å². The SMILES string of the molecule is CCC(C)N(CC)C(=O)c1ccnc(NN)c1F. The molecule has 3 N–H and O–H groups in total. The summed E-state index contributed by atoms with van der Waals surface area (Å²) in [6.45, 7) is 6.31. The smallest absolute Gasteiger partial charge is 0.257 e. The quantitative estimate of drug-likeness (QED) is 0.620. The number of aromatic nitrogens is 1. The predicted molar refractivity (Wildman–Crippen MR) is 68.5 cm³/mol. The first-order valence-corrected chi connectivity index (χ1v) is 5.98. The number of carbonyl (C=O) groups is 1. The molecular formula is C12H19FN4O. The molecule has 5 nitrogen and oxygen atoms in total. The van der Waals surface area contributed by atoms with E-state index >= 15 is 0 Å². The summed E-state index contributed by atoms with van der Waals surface area (Å²) in [5.41, 5.74) is 2.12. The monoisotopic (exact) mass is 254 g/mol. The number of hydrazine groups is 1. The Morgan fingerprint density at radius 2 is 2.28 bits per heavy atom.